The predicted octanol–water partition coefficient (Wildman–Crippen LogP) is 6.49. The van der Waals surface area contributed by atoms with Gasteiger partial charge in [-0.25, -0.2) is 0 Å². The molecule has 0 aromatic heterocycles. The lowest BCUT2D eigenvalue weighted by Gasteiger charge is -2.39. The summed E-state index contributed by atoms with van der Waals surface area (Å²) in [7, 11) is 0. The molecule has 0 atom stereocenters. The highest BCUT2D eigenvalue weighted by molar-refractivity contribution is 5.66. The van der Waals surface area contributed by atoms with Crippen LogP contribution in [0.1, 0.15) is 142 Å². The van der Waals surface area contributed by atoms with Crippen molar-refractivity contribution in [1.29, 1.82) is 0 Å². The molecule has 0 aromatic carbocycles. The van der Waals surface area contributed by atoms with Crippen LogP contribution in [0, 0.1) is 0 Å². The van der Waals surface area contributed by atoms with Gasteiger partial charge in [-0.3, -0.25) is 9.59 Å². The number of hydrogen-bond donors (Lipinski definition) is 2. The third-order valence-corrected chi connectivity index (χ3v) is 7.45. The second-order valence-corrected chi connectivity index (χ2v) is 11.0. The predicted molar refractivity (Wildman–Crippen MR) is 152 cm³/mol. The molecule has 0 unspecified atom stereocenters. The molecule has 0 spiro atoms. The molecule has 0 fully saturated rings. The maximum absolute atomic E-state index is 11.0. The van der Waals surface area contributed by atoms with Crippen molar-refractivity contribution in [2.45, 2.75) is 142 Å². The Morgan fingerprint density at radius 3 is 1.34 bits per heavy atom. The Labute approximate surface area is 232 Å². The highest BCUT2D eigenvalue weighted by Gasteiger charge is 2.26. The molecule has 0 bridgehead atoms. The SMILES string of the molecule is CCCCCCCCC/C=C/CCCCCCCC[N+](CCCC(=O)[O-])(CCCC(=O)O)CCCC(=O)O. The highest BCUT2D eigenvalue weighted by atomic mass is 16.4. The molecule has 0 rings (SSSR count). The number of carboxylic acid groups (broad SMARTS) is 3. The number of allylic oxidation sites excluding steroid dienone is 2. The molecule has 0 saturated carbocycles. The van der Waals surface area contributed by atoms with E-state index in [1.807, 2.05) is 0 Å². The van der Waals surface area contributed by atoms with Crippen LogP contribution in [0.3, 0.4) is 0 Å². The molecule has 2 N–H and O–H groups in total. The lowest BCUT2D eigenvalue weighted by Crippen LogP contribution is -2.51. The van der Waals surface area contributed by atoms with Gasteiger partial charge >= 0.3 is 11.9 Å². The molecule has 222 valence electrons. The fraction of sp³-hybridized carbons (Fsp3) is 0.839. The zero-order chi connectivity index (χ0) is 28.3. The number of aliphatic carboxylic acids is 3. The first-order chi connectivity index (χ1) is 18.3. The van der Waals surface area contributed by atoms with Crippen LogP contribution in [0.5, 0.6) is 0 Å². The van der Waals surface area contributed by atoms with Gasteiger partial charge in [-0.05, 0) is 44.9 Å². The molecule has 0 aliphatic carbocycles. The van der Waals surface area contributed by atoms with Gasteiger partial charge in [0.2, 0.25) is 0 Å². The normalized spacial score (nSPS) is 11.8. The number of rotatable bonds is 29. The fourth-order valence-electron chi connectivity index (χ4n) is 5.23. The maximum atomic E-state index is 11.0. The average molecular weight is 540 g/mol. The average Bonchev–Trinajstić information content (AvgIpc) is 2.85. The molecule has 0 aromatic rings. The summed E-state index contributed by atoms with van der Waals surface area (Å²) in [5.41, 5.74) is 0. The second-order valence-electron chi connectivity index (χ2n) is 11.0. The molecule has 7 heteroatoms. The number of carbonyl (C=O) groups excluding carboxylic acids is 1. The van der Waals surface area contributed by atoms with Gasteiger partial charge in [0, 0.05) is 25.2 Å². The van der Waals surface area contributed by atoms with Crippen LogP contribution in [-0.4, -0.2) is 58.8 Å². The van der Waals surface area contributed by atoms with Crippen LogP contribution >= 0.6 is 0 Å². The van der Waals surface area contributed by atoms with Gasteiger partial charge < -0.3 is 24.6 Å². The van der Waals surface area contributed by atoms with Crippen molar-refractivity contribution in [3.8, 4) is 0 Å². The summed E-state index contributed by atoms with van der Waals surface area (Å²) in [6.45, 7) is 5.01. The van der Waals surface area contributed by atoms with Gasteiger partial charge in [-0.15, -0.1) is 0 Å². The van der Waals surface area contributed by atoms with E-state index < -0.39 is 17.9 Å². The van der Waals surface area contributed by atoms with Gasteiger partial charge in [-0.1, -0.05) is 76.9 Å². The number of nitrogens with zero attached hydrogens (tertiary/aromatic N) is 1. The lowest BCUT2D eigenvalue weighted by atomic mass is 10.1. The van der Waals surface area contributed by atoms with Gasteiger partial charge in [0.25, 0.3) is 0 Å². The Morgan fingerprint density at radius 2 is 0.921 bits per heavy atom. The smallest absolute Gasteiger partial charge is 0.303 e. The number of quaternary nitrogens is 1. The van der Waals surface area contributed by atoms with Gasteiger partial charge in [0.05, 0.1) is 39.0 Å². The van der Waals surface area contributed by atoms with Crippen molar-refractivity contribution >= 4 is 17.9 Å². The first-order valence-electron chi connectivity index (χ1n) is 15.4. The number of unbranched alkanes of at least 4 members (excludes halogenated alkanes) is 13. The Kier molecular flexibility index (Phi) is 24.1. The minimum Gasteiger partial charge on any atom is -0.550 e. The van der Waals surface area contributed by atoms with Gasteiger partial charge in [0.15, 0.2) is 0 Å². The molecular weight excluding hydrogens is 482 g/mol. The number of carboxylic acids is 3. The van der Waals surface area contributed by atoms with Crippen molar-refractivity contribution in [2.24, 2.45) is 0 Å². The monoisotopic (exact) mass is 539 g/mol. The van der Waals surface area contributed by atoms with E-state index in [-0.39, 0.29) is 19.3 Å². The summed E-state index contributed by atoms with van der Waals surface area (Å²) in [6.07, 6.45) is 25.0. The van der Waals surface area contributed by atoms with Crippen LogP contribution in [0.2, 0.25) is 0 Å². The van der Waals surface area contributed by atoms with E-state index in [2.05, 4.69) is 19.1 Å². The molecule has 0 heterocycles. The first kappa shape index (κ1) is 36.1. The minimum atomic E-state index is -1.08. The summed E-state index contributed by atoms with van der Waals surface area (Å²) in [5.74, 6) is -2.75. The van der Waals surface area contributed by atoms with Crippen LogP contribution in [0.15, 0.2) is 12.2 Å². The molecule has 0 amide bonds. The van der Waals surface area contributed by atoms with Gasteiger partial charge in [0.1, 0.15) is 0 Å². The van der Waals surface area contributed by atoms with E-state index in [0.29, 0.717) is 43.4 Å². The van der Waals surface area contributed by atoms with Gasteiger partial charge in [-0.2, -0.15) is 0 Å². The molecule has 0 radical (unpaired) electrons. The minimum absolute atomic E-state index is 0.0225. The van der Waals surface area contributed by atoms with Crippen molar-refractivity contribution < 1.29 is 34.2 Å². The topological polar surface area (TPSA) is 115 Å². The van der Waals surface area contributed by atoms with E-state index in [0.717, 1.165) is 32.2 Å². The largest absolute Gasteiger partial charge is 0.550 e. The Morgan fingerprint density at radius 1 is 0.553 bits per heavy atom. The Balaban J connectivity index is 4.26. The quantitative estimate of drug-likeness (QED) is 0.0638. The highest BCUT2D eigenvalue weighted by Crippen LogP contribution is 2.18. The van der Waals surface area contributed by atoms with Crippen LogP contribution < -0.4 is 5.11 Å². The second kappa shape index (κ2) is 25.4. The van der Waals surface area contributed by atoms with Crippen molar-refractivity contribution in [2.75, 3.05) is 26.2 Å². The molecular formula is C31H57NO6. The van der Waals surface area contributed by atoms with Crippen molar-refractivity contribution in [3.05, 3.63) is 12.2 Å². The standard InChI is InChI=1S/C31H57NO6/c1-2-3-4-5-6-7-8-9-10-11-12-13-14-15-16-17-18-25-32(26-19-22-29(33)34,27-20-23-30(35)36)28-21-24-31(37)38/h10-11H,2-9,12-28H2,1H3,(H2-,33,34,35,36,37,38)/b11-10+. The van der Waals surface area contributed by atoms with E-state index in [1.165, 1.54) is 70.6 Å². The van der Waals surface area contributed by atoms with Crippen LogP contribution in [0.4, 0.5) is 0 Å². The fourth-order valence-corrected chi connectivity index (χ4v) is 5.23. The summed E-state index contributed by atoms with van der Waals surface area (Å²) in [6, 6.07) is 0. The first-order valence-corrected chi connectivity index (χ1v) is 15.4. The van der Waals surface area contributed by atoms with E-state index in [9.17, 15) is 19.5 Å². The van der Waals surface area contributed by atoms with Crippen LogP contribution in [0.25, 0.3) is 0 Å². The lowest BCUT2D eigenvalue weighted by molar-refractivity contribution is -0.929. The van der Waals surface area contributed by atoms with E-state index in [4.69, 9.17) is 10.2 Å². The molecule has 0 aliphatic rings. The van der Waals surface area contributed by atoms with Crippen molar-refractivity contribution in [1.82, 2.24) is 0 Å². The molecule has 0 saturated heterocycles. The number of hydrogen-bond acceptors (Lipinski definition) is 4. The number of carbonyl (C=O) groups is 3. The summed E-state index contributed by atoms with van der Waals surface area (Å²) in [5, 5.41) is 29.1. The Bertz CT molecular complexity index is 584. The molecule has 7 nitrogen and oxygen atoms in total. The third-order valence-electron chi connectivity index (χ3n) is 7.45. The Hall–Kier alpha value is -1.89. The van der Waals surface area contributed by atoms with Crippen LogP contribution in [-0.2, 0) is 14.4 Å². The van der Waals surface area contributed by atoms with Crippen molar-refractivity contribution in [3.63, 3.8) is 0 Å². The zero-order valence-corrected chi connectivity index (χ0v) is 24.3. The summed E-state index contributed by atoms with van der Waals surface area (Å²) >= 11 is 0. The summed E-state index contributed by atoms with van der Waals surface area (Å²) < 4.78 is 0.609. The van der Waals surface area contributed by atoms with E-state index >= 15 is 0 Å². The zero-order valence-electron chi connectivity index (χ0n) is 24.3. The maximum Gasteiger partial charge on any atom is 0.303 e. The molecule has 38 heavy (non-hydrogen) atoms. The van der Waals surface area contributed by atoms with E-state index in [1.54, 1.807) is 0 Å². The summed E-state index contributed by atoms with van der Waals surface area (Å²) in [4.78, 5) is 33.0. The molecule has 0 aliphatic heterocycles. The third kappa shape index (κ3) is 24.4.